The van der Waals surface area contributed by atoms with Crippen molar-refractivity contribution in [3.8, 4) is 6.07 Å². The molecule has 4 nitrogen and oxygen atoms in total. The molecule has 0 saturated carbocycles. The minimum atomic E-state index is -0.685. The van der Waals surface area contributed by atoms with Crippen molar-refractivity contribution in [3.05, 3.63) is 65.2 Å². The minimum Gasteiger partial charge on any atom is -0.318 e. The number of amides is 2. The topological polar surface area (TPSA) is 64.9 Å². The molecule has 2 aromatic rings. The van der Waals surface area contributed by atoms with Gasteiger partial charge in [0, 0.05) is 5.69 Å². The Balaban J connectivity index is 2.24. The van der Waals surface area contributed by atoms with Gasteiger partial charge in [-0.05, 0) is 28.5 Å². The van der Waals surface area contributed by atoms with Gasteiger partial charge in [0.2, 0.25) is 0 Å². The Morgan fingerprint density at radius 1 is 0.920 bits per heavy atom. The lowest BCUT2D eigenvalue weighted by Gasteiger charge is -2.21. The molecule has 1 atom stereocenters. The van der Waals surface area contributed by atoms with Gasteiger partial charge in [0.25, 0.3) is 0 Å². The fourth-order valence-electron chi connectivity index (χ4n) is 2.81. The molecule has 0 aromatic heterocycles. The standard InChI is InChI=1S/C21H25N3O/c1-14(2)17-11-8-12-18(15(3)4)20(17)24-21(25)23-19(13-22)16-9-6-5-7-10-16/h5-12,14-15,19H,1-4H3,(H2,23,24,25). The molecule has 0 radical (unpaired) electrons. The van der Waals surface area contributed by atoms with Crippen molar-refractivity contribution in [1.29, 1.82) is 5.26 Å². The second-order valence-electron chi connectivity index (χ2n) is 6.69. The molecule has 0 aliphatic rings. The first-order valence-electron chi connectivity index (χ1n) is 8.59. The maximum absolute atomic E-state index is 12.5. The van der Waals surface area contributed by atoms with Gasteiger partial charge in [0.1, 0.15) is 6.04 Å². The molecule has 2 N–H and O–H groups in total. The third kappa shape index (κ3) is 4.60. The van der Waals surface area contributed by atoms with Crippen LogP contribution in [-0.4, -0.2) is 6.03 Å². The number of hydrogen-bond donors (Lipinski definition) is 2. The fourth-order valence-corrected chi connectivity index (χ4v) is 2.81. The van der Waals surface area contributed by atoms with Crippen molar-refractivity contribution in [2.75, 3.05) is 5.32 Å². The van der Waals surface area contributed by atoms with E-state index in [4.69, 9.17) is 0 Å². The van der Waals surface area contributed by atoms with Gasteiger partial charge in [-0.15, -0.1) is 0 Å². The number of benzene rings is 2. The van der Waals surface area contributed by atoms with Crippen molar-refractivity contribution in [2.45, 2.75) is 45.6 Å². The average Bonchev–Trinajstić information content (AvgIpc) is 2.60. The zero-order valence-electron chi connectivity index (χ0n) is 15.2. The smallest absolute Gasteiger partial charge is 0.318 e. The van der Waals surface area contributed by atoms with Crippen LogP contribution in [-0.2, 0) is 0 Å². The van der Waals surface area contributed by atoms with E-state index in [2.05, 4.69) is 44.4 Å². The number of nitrogens with zero attached hydrogens (tertiary/aromatic N) is 1. The molecule has 0 spiro atoms. The quantitative estimate of drug-likeness (QED) is 0.776. The van der Waals surface area contributed by atoms with Crippen LogP contribution < -0.4 is 10.6 Å². The first-order valence-corrected chi connectivity index (χ1v) is 8.59. The largest absolute Gasteiger partial charge is 0.320 e. The molecule has 0 saturated heterocycles. The number of rotatable bonds is 5. The normalized spacial score (nSPS) is 11.9. The second kappa shape index (κ2) is 8.34. The molecule has 0 aliphatic heterocycles. The van der Waals surface area contributed by atoms with Gasteiger partial charge < -0.3 is 10.6 Å². The van der Waals surface area contributed by atoms with Crippen LogP contribution >= 0.6 is 0 Å². The van der Waals surface area contributed by atoms with E-state index >= 15 is 0 Å². The van der Waals surface area contributed by atoms with Gasteiger partial charge >= 0.3 is 6.03 Å². The van der Waals surface area contributed by atoms with E-state index in [9.17, 15) is 10.1 Å². The van der Waals surface area contributed by atoms with Gasteiger partial charge in [-0.25, -0.2) is 4.79 Å². The number of nitrogens with one attached hydrogen (secondary N) is 2. The van der Waals surface area contributed by atoms with Crippen molar-refractivity contribution in [2.24, 2.45) is 0 Å². The van der Waals surface area contributed by atoms with Gasteiger partial charge in [0.05, 0.1) is 6.07 Å². The summed E-state index contributed by atoms with van der Waals surface area (Å²) >= 11 is 0. The van der Waals surface area contributed by atoms with Crippen LogP contribution in [0.3, 0.4) is 0 Å². The van der Waals surface area contributed by atoms with E-state index in [0.717, 1.165) is 22.4 Å². The van der Waals surface area contributed by atoms with Crippen LogP contribution in [0.5, 0.6) is 0 Å². The summed E-state index contributed by atoms with van der Waals surface area (Å²) in [5.41, 5.74) is 3.79. The Hall–Kier alpha value is -2.80. The molecule has 1 unspecified atom stereocenters. The molecular formula is C21H25N3O. The number of hydrogen-bond acceptors (Lipinski definition) is 2. The van der Waals surface area contributed by atoms with Crippen LogP contribution in [0.2, 0.25) is 0 Å². The lowest BCUT2D eigenvalue weighted by atomic mass is 9.93. The van der Waals surface area contributed by atoms with E-state index < -0.39 is 6.04 Å². The molecule has 4 heteroatoms. The highest BCUT2D eigenvalue weighted by molar-refractivity contribution is 5.91. The predicted molar refractivity (Wildman–Crippen MR) is 102 cm³/mol. The molecule has 0 bridgehead atoms. The molecule has 0 aliphatic carbocycles. The van der Waals surface area contributed by atoms with Crippen molar-refractivity contribution in [3.63, 3.8) is 0 Å². The summed E-state index contributed by atoms with van der Waals surface area (Å²) in [6.07, 6.45) is 0. The zero-order chi connectivity index (χ0) is 18.4. The van der Waals surface area contributed by atoms with E-state index in [0.29, 0.717) is 0 Å². The number of carbonyl (C=O) groups excluding carboxylic acids is 1. The number of anilines is 1. The highest BCUT2D eigenvalue weighted by atomic mass is 16.2. The predicted octanol–water partition coefficient (Wildman–Crippen LogP) is 5.32. The Morgan fingerprint density at radius 2 is 1.48 bits per heavy atom. The van der Waals surface area contributed by atoms with Crippen LogP contribution in [0.4, 0.5) is 10.5 Å². The van der Waals surface area contributed by atoms with E-state index in [1.54, 1.807) is 0 Å². The lowest BCUT2D eigenvalue weighted by Crippen LogP contribution is -2.32. The lowest BCUT2D eigenvalue weighted by molar-refractivity contribution is 0.250. The summed E-state index contributed by atoms with van der Waals surface area (Å²) in [6.45, 7) is 8.41. The Bertz CT molecular complexity index is 734. The van der Waals surface area contributed by atoms with Gasteiger partial charge in [-0.2, -0.15) is 5.26 Å². The van der Waals surface area contributed by atoms with Gasteiger partial charge in [-0.1, -0.05) is 76.2 Å². The molecular weight excluding hydrogens is 310 g/mol. The first kappa shape index (κ1) is 18.5. The zero-order valence-corrected chi connectivity index (χ0v) is 15.2. The summed E-state index contributed by atoms with van der Waals surface area (Å²) in [7, 11) is 0. The molecule has 130 valence electrons. The maximum Gasteiger partial charge on any atom is 0.320 e. The molecule has 0 fully saturated rings. The highest BCUT2D eigenvalue weighted by Gasteiger charge is 2.18. The van der Waals surface area contributed by atoms with E-state index in [1.165, 1.54) is 0 Å². The van der Waals surface area contributed by atoms with E-state index in [1.807, 2.05) is 48.5 Å². The number of urea groups is 1. The number of nitriles is 1. The van der Waals surface area contributed by atoms with Crippen LogP contribution in [0.25, 0.3) is 0 Å². The Morgan fingerprint density at radius 3 is 1.96 bits per heavy atom. The summed E-state index contributed by atoms with van der Waals surface area (Å²) in [4.78, 5) is 12.5. The van der Waals surface area contributed by atoms with Crippen LogP contribution in [0.15, 0.2) is 48.5 Å². The Labute approximate surface area is 149 Å². The van der Waals surface area contributed by atoms with Gasteiger partial charge in [-0.3, -0.25) is 0 Å². The molecule has 2 amide bonds. The molecule has 0 heterocycles. The highest BCUT2D eigenvalue weighted by Crippen LogP contribution is 2.32. The molecule has 25 heavy (non-hydrogen) atoms. The first-order chi connectivity index (χ1) is 11.9. The van der Waals surface area contributed by atoms with Crippen LogP contribution in [0, 0.1) is 11.3 Å². The summed E-state index contributed by atoms with van der Waals surface area (Å²) in [6, 6.07) is 16.4. The monoisotopic (exact) mass is 335 g/mol. The SMILES string of the molecule is CC(C)c1cccc(C(C)C)c1NC(=O)NC(C#N)c1ccccc1. The minimum absolute atomic E-state index is 0.287. The third-order valence-electron chi connectivity index (χ3n) is 4.15. The average molecular weight is 335 g/mol. The van der Waals surface area contributed by atoms with E-state index in [-0.39, 0.29) is 17.9 Å². The summed E-state index contributed by atoms with van der Waals surface area (Å²) in [5, 5.41) is 15.1. The van der Waals surface area contributed by atoms with Gasteiger partial charge in [0.15, 0.2) is 0 Å². The number of carbonyl (C=O) groups is 1. The summed E-state index contributed by atoms with van der Waals surface area (Å²) < 4.78 is 0. The third-order valence-corrected chi connectivity index (χ3v) is 4.15. The van der Waals surface area contributed by atoms with Crippen molar-refractivity contribution in [1.82, 2.24) is 5.32 Å². The van der Waals surface area contributed by atoms with Crippen LogP contribution in [0.1, 0.15) is 62.3 Å². The maximum atomic E-state index is 12.5. The second-order valence-corrected chi connectivity index (χ2v) is 6.69. The van der Waals surface area contributed by atoms with Crippen molar-refractivity contribution < 1.29 is 4.79 Å². The Kier molecular flexibility index (Phi) is 6.19. The van der Waals surface area contributed by atoms with Crippen molar-refractivity contribution >= 4 is 11.7 Å². The molecule has 2 rings (SSSR count). The fraction of sp³-hybridized carbons (Fsp3) is 0.333. The molecule has 2 aromatic carbocycles. The summed E-state index contributed by atoms with van der Waals surface area (Å²) in [5.74, 6) is 0.574. The number of para-hydroxylation sites is 1.